The fourth-order valence-corrected chi connectivity index (χ4v) is 2.93. The van der Waals surface area contributed by atoms with E-state index in [1.54, 1.807) is 4.90 Å². The van der Waals surface area contributed by atoms with Crippen molar-refractivity contribution in [3.05, 3.63) is 0 Å². The largest absolute Gasteiger partial charge is 0.481 e. The number of hydrogen-bond donors (Lipinski definition) is 3. The van der Waals surface area contributed by atoms with Crippen molar-refractivity contribution in [2.24, 2.45) is 0 Å². The molecule has 1 saturated heterocycles. The number of amides is 2. The van der Waals surface area contributed by atoms with E-state index in [2.05, 4.69) is 5.32 Å². The Hall–Kier alpha value is -1.83. The van der Waals surface area contributed by atoms with Crippen LogP contribution in [0.2, 0.25) is 0 Å². The number of carbonyl (C=O) groups is 3. The zero-order chi connectivity index (χ0) is 15.4. The second-order valence-corrected chi connectivity index (χ2v) is 5.37. The van der Waals surface area contributed by atoms with E-state index in [0.29, 0.717) is 13.2 Å². The molecule has 3 N–H and O–H groups in total. The van der Waals surface area contributed by atoms with E-state index in [1.165, 1.54) is 0 Å². The Morgan fingerprint density at radius 3 is 2.71 bits per heavy atom. The number of carboxylic acids is 2. The SMILES string of the molecule is O=C(O)CCC(NC(=O)N1CCOC2CCCC21)C(=O)O. The van der Waals surface area contributed by atoms with Crippen LogP contribution in [0.4, 0.5) is 4.79 Å². The zero-order valence-electron chi connectivity index (χ0n) is 11.7. The second kappa shape index (κ2) is 6.75. The van der Waals surface area contributed by atoms with Gasteiger partial charge < -0.3 is 25.2 Å². The van der Waals surface area contributed by atoms with E-state index >= 15 is 0 Å². The van der Waals surface area contributed by atoms with E-state index in [9.17, 15) is 14.4 Å². The molecule has 1 aliphatic carbocycles. The summed E-state index contributed by atoms with van der Waals surface area (Å²) in [6, 6.07) is -1.64. The first-order valence-electron chi connectivity index (χ1n) is 7.12. The van der Waals surface area contributed by atoms with Crippen LogP contribution in [0, 0.1) is 0 Å². The van der Waals surface area contributed by atoms with Crippen molar-refractivity contribution in [2.45, 2.75) is 50.3 Å². The first-order valence-corrected chi connectivity index (χ1v) is 7.12. The molecule has 8 heteroatoms. The number of aliphatic carboxylic acids is 2. The molecule has 0 aromatic rings. The predicted molar refractivity (Wildman–Crippen MR) is 70.9 cm³/mol. The minimum Gasteiger partial charge on any atom is -0.481 e. The summed E-state index contributed by atoms with van der Waals surface area (Å²) in [5.74, 6) is -2.31. The van der Waals surface area contributed by atoms with Crippen molar-refractivity contribution in [3.63, 3.8) is 0 Å². The lowest BCUT2D eigenvalue weighted by Crippen LogP contribution is -2.57. The normalized spacial score (nSPS) is 26.0. The summed E-state index contributed by atoms with van der Waals surface area (Å²) in [6.07, 6.45) is 2.36. The van der Waals surface area contributed by atoms with Gasteiger partial charge >= 0.3 is 18.0 Å². The third-order valence-electron chi connectivity index (χ3n) is 3.99. The molecule has 1 saturated carbocycles. The molecule has 2 rings (SSSR count). The Labute approximate surface area is 122 Å². The van der Waals surface area contributed by atoms with Gasteiger partial charge in [0.15, 0.2) is 0 Å². The van der Waals surface area contributed by atoms with Crippen LogP contribution in [0.5, 0.6) is 0 Å². The monoisotopic (exact) mass is 300 g/mol. The maximum Gasteiger partial charge on any atom is 0.326 e. The minimum atomic E-state index is -1.22. The molecule has 0 spiro atoms. The van der Waals surface area contributed by atoms with Gasteiger partial charge in [0.1, 0.15) is 6.04 Å². The standard InChI is InChI=1S/C13H20N2O6/c16-11(17)5-4-8(12(18)19)14-13(20)15-6-7-21-10-3-1-2-9(10)15/h8-10H,1-7H2,(H,14,20)(H,16,17)(H,18,19). The van der Waals surface area contributed by atoms with Gasteiger partial charge in [0.2, 0.25) is 0 Å². The van der Waals surface area contributed by atoms with Gasteiger partial charge in [0, 0.05) is 13.0 Å². The Balaban J connectivity index is 1.94. The highest BCUT2D eigenvalue weighted by Gasteiger charge is 2.39. The van der Waals surface area contributed by atoms with Crippen molar-refractivity contribution in [3.8, 4) is 0 Å². The Morgan fingerprint density at radius 1 is 1.29 bits per heavy atom. The molecule has 0 radical (unpaired) electrons. The van der Waals surface area contributed by atoms with E-state index < -0.39 is 24.0 Å². The summed E-state index contributed by atoms with van der Waals surface area (Å²) in [6.45, 7) is 0.875. The number of morpholine rings is 1. The predicted octanol–water partition coefficient (Wildman–Crippen LogP) is 0.267. The maximum atomic E-state index is 12.2. The number of carboxylic acid groups (broad SMARTS) is 2. The molecule has 3 unspecified atom stereocenters. The molecule has 2 aliphatic rings. The number of nitrogens with zero attached hydrogens (tertiary/aromatic N) is 1. The van der Waals surface area contributed by atoms with Crippen molar-refractivity contribution < 1.29 is 29.3 Å². The van der Waals surface area contributed by atoms with Gasteiger partial charge in [-0.15, -0.1) is 0 Å². The van der Waals surface area contributed by atoms with Gasteiger partial charge in [-0.2, -0.15) is 0 Å². The van der Waals surface area contributed by atoms with Crippen molar-refractivity contribution in [1.29, 1.82) is 0 Å². The van der Waals surface area contributed by atoms with E-state index in [0.717, 1.165) is 19.3 Å². The second-order valence-electron chi connectivity index (χ2n) is 5.37. The Morgan fingerprint density at radius 2 is 2.05 bits per heavy atom. The summed E-state index contributed by atoms with van der Waals surface area (Å²) in [7, 11) is 0. The van der Waals surface area contributed by atoms with Gasteiger partial charge in [-0.1, -0.05) is 0 Å². The highest BCUT2D eigenvalue weighted by molar-refractivity contribution is 5.83. The minimum absolute atomic E-state index is 0.00679. The molecule has 21 heavy (non-hydrogen) atoms. The van der Waals surface area contributed by atoms with Crippen LogP contribution in [0.1, 0.15) is 32.1 Å². The first-order chi connectivity index (χ1) is 9.99. The summed E-state index contributed by atoms with van der Waals surface area (Å²) in [4.78, 5) is 35.5. The van der Waals surface area contributed by atoms with Crippen molar-refractivity contribution >= 4 is 18.0 Å². The Kier molecular flexibility index (Phi) is 5.00. The van der Waals surface area contributed by atoms with E-state index in [1.807, 2.05) is 0 Å². The summed E-state index contributed by atoms with van der Waals surface area (Å²) >= 11 is 0. The molecular weight excluding hydrogens is 280 g/mol. The van der Waals surface area contributed by atoms with Gasteiger partial charge in [-0.25, -0.2) is 9.59 Å². The molecule has 0 aromatic carbocycles. The molecule has 2 fully saturated rings. The van der Waals surface area contributed by atoms with Crippen LogP contribution >= 0.6 is 0 Å². The van der Waals surface area contributed by atoms with E-state index in [-0.39, 0.29) is 25.0 Å². The average molecular weight is 300 g/mol. The van der Waals surface area contributed by atoms with Crippen LogP contribution in [0.3, 0.4) is 0 Å². The number of fused-ring (bicyclic) bond motifs is 1. The fourth-order valence-electron chi connectivity index (χ4n) is 2.93. The quantitative estimate of drug-likeness (QED) is 0.671. The number of urea groups is 1. The smallest absolute Gasteiger partial charge is 0.326 e. The highest BCUT2D eigenvalue weighted by Crippen LogP contribution is 2.29. The highest BCUT2D eigenvalue weighted by atomic mass is 16.5. The molecule has 0 bridgehead atoms. The number of rotatable bonds is 5. The van der Waals surface area contributed by atoms with Gasteiger partial charge in [0.05, 0.1) is 18.8 Å². The summed E-state index contributed by atoms with van der Waals surface area (Å²) in [5, 5.41) is 20.1. The molecule has 1 aliphatic heterocycles. The lowest BCUT2D eigenvalue weighted by atomic mass is 10.1. The van der Waals surface area contributed by atoms with Crippen LogP contribution in [-0.2, 0) is 14.3 Å². The van der Waals surface area contributed by atoms with Crippen molar-refractivity contribution in [1.82, 2.24) is 10.2 Å². The van der Waals surface area contributed by atoms with Gasteiger partial charge in [-0.05, 0) is 25.7 Å². The third-order valence-corrected chi connectivity index (χ3v) is 3.99. The number of ether oxygens (including phenoxy) is 1. The topological polar surface area (TPSA) is 116 Å². The van der Waals surface area contributed by atoms with E-state index in [4.69, 9.17) is 14.9 Å². The fraction of sp³-hybridized carbons (Fsp3) is 0.769. The zero-order valence-corrected chi connectivity index (χ0v) is 11.7. The maximum absolute atomic E-state index is 12.2. The molecule has 2 amide bonds. The van der Waals surface area contributed by atoms with Gasteiger partial charge in [-0.3, -0.25) is 4.79 Å². The molecule has 8 nitrogen and oxygen atoms in total. The summed E-state index contributed by atoms with van der Waals surface area (Å²) in [5.41, 5.74) is 0. The molecule has 1 heterocycles. The number of hydrogen-bond acceptors (Lipinski definition) is 4. The van der Waals surface area contributed by atoms with Crippen LogP contribution in [0.15, 0.2) is 0 Å². The average Bonchev–Trinajstić information content (AvgIpc) is 2.90. The lowest BCUT2D eigenvalue weighted by molar-refractivity contribution is -0.140. The van der Waals surface area contributed by atoms with Gasteiger partial charge in [0.25, 0.3) is 0 Å². The third kappa shape index (κ3) is 3.84. The molecular formula is C13H20N2O6. The number of carbonyl (C=O) groups excluding carboxylic acids is 1. The van der Waals surface area contributed by atoms with Crippen LogP contribution in [0.25, 0.3) is 0 Å². The van der Waals surface area contributed by atoms with Crippen LogP contribution < -0.4 is 5.32 Å². The molecule has 0 aromatic heterocycles. The lowest BCUT2D eigenvalue weighted by Gasteiger charge is -2.38. The first kappa shape index (κ1) is 15.6. The van der Waals surface area contributed by atoms with Crippen LogP contribution in [-0.4, -0.2) is 64.4 Å². The molecule has 118 valence electrons. The van der Waals surface area contributed by atoms with Crippen molar-refractivity contribution in [2.75, 3.05) is 13.2 Å². The molecule has 3 atom stereocenters. The number of nitrogens with one attached hydrogen (secondary N) is 1. The Bertz CT molecular complexity index is 427. The summed E-state index contributed by atoms with van der Waals surface area (Å²) < 4.78 is 5.60.